The average Bonchev–Trinajstić information content (AvgIpc) is 2.50. The summed E-state index contributed by atoms with van der Waals surface area (Å²) in [5.41, 5.74) is 1.01. The highest BCUT2D eigenvalue weighted by Gasteiger charge is 2.21. The standard InChI is InChI=1S/C19H25NO/c1-13-7-10-16(11-8-13)20-14(2)17-12-9-15-5-3-4-6-18(15)19(17)21/h3-6,9,12-14,16,20-21H,7-8,10-11H2,1-2H3. The predicted octanol–water partition coefficient (Wildman–Crippen LogP) is 4.77. The fraction of sp³-hybridized carbons (Fsp3) is 0.474. The Balaban J connectivity index is 1.78. The molecule has 1 aliphatic carbocycles. The van der Waals surface area contributed by atoms with E-state index in [0.717, 1.165) is 22.3 Å². The molecule has 1 fully saturated rings. The van der Waals surface area contributed by atoms with Crippen molar-refractivity contribution in [3.63, 3.8) is 0 Å². The molecule has 0 radical (unpaired) electrons. The van der Waals surface area contributed by atoms with Crippen LogP contribution in [0.4, 0.5) is 0 Å². The number of hydrogen-bond acceptors (Lipinski definition) is 2. The maximum atomic E-state index is 10.6. The van der Waals surface area contributed by atoms with Crippen LogP contribution in [-0.4, -0.2) is 11.1 Å². The highest BCUT2D eigenvalue weighted by Crippen LogP contribution is 2.33. The summed E-state index contributed by atoms with van der Waals surface area (Å²) in [7, 11) is 0. The molecule has 2 nitrogen and oxygen atoms in total. The lowest BCUT2D eigenvalue weighted by Crippen LogP contribution is -2.34. The number of aromatic hydroxyl groups is 1. The Hall–Kier alpha value is -1.54. The van der Waals surface area contributed by atoms with E-state index >= 15 is 0 Å². The molecule has 1 atom stereocenters. The molecule has 0 aliphatic heterocycles. The molecule has 3 rings (SSSR count). The van der Waals surface area contributed by atoms with E-state index in [1.165, 1.54) is 25.7 Å². The smallest absolute Gasteiger partial charge is 0.128 e. The zero-order valence-corrected chi connectivity index (χ0v) is 13.0. The van der Waals surface area contributed by atoms with Gasteiger partial charge in [-0.05, 0) is 43.9 Å². The lowest BCUT2D eigenvalue weighted by Gasteiger charge is -2.30. The van der Waals surface area contributed by atoms with E-state index < -0.39 is 0 Å². The molecule has 1 unspecified atom stereocenters. The molecular weight excluding hydrogens is 258 g/mol. The van der Waals surface area contributed by atoms with Crippen LogP contribution in [0.2, 0.25) is 0 Å². The van der Waals surface area contributed by atoms with E-state index in [4.69, 9.17) is 0 Å². The highest BCUT2D eigenvalue weighted by molar-refractivity contribution is 5.89. The third-order valence-corrected chi connectivity index (χ3v) is 4.90. The highest BCUT2D eigenvalue weighted by atomic mass is 16.3. The Morgan fingerprint density at radius 2 is 1.76 bits per heavy atom. The minimum Gasteiger partial charge on any atom is -0.507 e. The zero-order chi connectivity index (χ0) is 14.8. The Morgan fingerprint density at radius 3 is 2.52 bits per heavy atom. The van der Waals surface area contributed by atoms with Gasteiger partial charge in [0, 0.05) is 23.0 Å². The molecule has 0 saturated heterocycles. The van der Waals surface area contributed by atoms with E-state index in [1.807, 2.05) is 24.3 Å². The number of hydrogen-bond donors (Lipinski definition) is 2. The first-order valence-corrected chi connectivity index (χ1v) is 8.12. The summed E-state index contributed by atoms with van der Waals surface area (Å²) in [6, 6.07) is 12.9. The van der Waals surface area contributed by atoms with Gasteiger partial charge in [0.15, 0.2) is 0 Å². The topological polar surface area (TPSA) is 32.3 Å². The minimum atomic E-state index is 0.188. The summed E-state index contributed by atoms with van der Waals surface area (Å²) in [6.07, 6.45) is 5.13. The first-order valence-electron chi connectivity index (χ1n) is 8.12. The number of nitrogens with one attached hydrogen (secondary N) is 1. The van der Waals surface area contributed by atoms with Gasteiger partial charge in [0.05, 0.1) is 0 Å². The van der Waals surface area contributed by atoms with Crippen molar-refractivity contribution in [2.45, 2.75) is 51.6 Å². The van der Waals surface area contributed by atoms with Crippen molar-refractivity contribution in [1.29, 1.82) is 0 Å². The van der Waals surface area contributed by atoms with Crippen LogP contribution in [0, 0.1) is 5.92 Å². The van der Waals surface area contributed by atoms with Gasteiger partial charge in [0.1, 0.15) is 5.75 Å². The molecule has 0 aromatic heterocycles. The monoisotopic (exact) mass is 283 g/mol. The molecule has 1 aliphatic rings. The number of fused-ring (bicyclic) bond motifs is 1. The summed E-state index contributed by atoms with van der Waals surface area (Å²) in [6.45, 7) is 4.50. The van der Waals surface area contributed by atoms with Crippen LogP contribution in [0.25, 0.3) is 10.8 Å². The predicted molar refractivity (Wildman–Crippen MR) is 88.6 cm³/mol. The molecule has 2 aromatic carbocycles. The maximum Gasteiger partial charge on any atom is 0.128 e. The normalized spacial score (nSPS) is 24.1. The number of benzene rings is 2. The minimum absolute atomic E-state index is 0.188. The second-order valence-corrected chi connectivity index (χ2v) is 6.57. The molecule has 112 valence electrons. The second kappa shape index (κ2) is 6.07. The van der Waals surface area contributed by atoms with Crippen LogP contribution in [0.15, 0.2) is 36.4 Å². The van der Waals surface area contributed by atoms with Gasteiger partial charge in [-0.2, -0.15) is 0 Å². The van der Waals surface area contributed by atoms with Crippen LogP contribution in [0.1, 0.15) is 51.1 Å². The SMILES string of the molecule is CC1CCC(NC(C)c2ccc3ccccc3c2O)CC1. The molecule has 2 N–H and O–H groups in total. The van der Waals surface area contributed by atoms with Gasteiger partial charge in [-0.15, -0.1) is 0 Å². The van der Waals surface area contributed by atoms with Crippen LogP contribution in [0.3, 0.4) is 0 Å². The number of phenolic OH excluding ortho intramolecular Hbond substituents is 1. The molecule has 21 heavy (non-hydrogen) atoms. The van der Waals surface area contributed by atoms with Gasteiger partial charge in [-0.3, -0.25) is 0 Å². The molecule has 2 heteroatoms. The first-order chi connectivity index (χ1) is 10.1. The van der Waals surface area contributed by atoms with Crippen molar-refractivity contribution in [3.8, 4) is 5.75 Å². The zero-order valence-electron chi connectivity index (χ0n) is 13.0. The average molecular weight is 283 g/mol. The number of phenols is 1. The fourth-order valence-electron chi connectivity index (χ4n) is 3.49. The van der Waals surface area contributed by atoms with E-state index in [9.17, 15) is 5.11 Å². The van der Waals surface area contributed by atoms with Crippen molar-refractivity contribution in [2.75, 3.05) is 0 Å². The molecule has 0 heterocycles. The van der Waals surface area contributed by atoms with E-state index in [2.05, 4.69) is 31.3 Å². The van der Waals surface area contributed by atoms with Crippen molar-refractivity contribution < 1.29 is 5.11 Å². The lowest BCUT2D eigenvalue weighted by atomic mass is 9.87. The van der Waals surface area contributed by atoms with Crippen molar-refractivity contribution in [1.82, 2.24) is 5.32 Å². The summed E-state index contributed by atoms with van der Waals surface area (Å²) in [5, 5.41) is 16.3. The van der Waals surface area contributed by atoms with Crippen molar-refractivity contribution in [2.24, 2.45) is 5.92 Å². The van der Waals surface area contributed by atoms with Crippen molar-refractivity contribution in [3.05, 3.63) is 42.0 Å². The molecule has 0 spiro atoms. The van der Waals surface area contributed by atoms with Crippen LogP contribution < -0.4 is 5.32 Å². The van der Waals surface area contributed by atoms with Gasteiger partial charge < -0.3 is 10.4 Å². The third kappa shape index (κ3) is 3.06. The van der Waals surface area contributed by atoms with Gasteiger partial charge in [-0.25, -0.2) is 0 Å². The Bertz CT molecular complexity index is 614. The summed E-state index contributed by atoms with van der Waals surface area (Å²) in [4.78, 5) is 0. The largest absolute Gasteiger partial charge is 0.507 e. The molecule has 0 bridgehead atoms. The first kappa shape index (κ1) is 14.4. The summed E-state index contributed by atoms with van der Waals surface area (Å²) in [5.74, 6) is 1.30. The third-order valence-electron chi connectivity index (χ3n) is 4.90. The Kier molecular flexibility index (Phi) is 4.16. The Labute approximate surface area is 127 Å². The van der Waals surface area contributed by atoms with Crippen LogP contribution in [-0.2, 0) is 0 Å². The number of rotatable bonds is 3. The summed E-state index contributed by atoms with van der Waals surface area (Å²) >= 11 is 0. The van der Waals surface area contributed by atoms with Crippen molar-refractivity contribution >= 4 is 10.8 Å². The summed E-state index contributed by atoms with van der Waals surface area (Å²) < 4.78 is 0. The fourth-order valence-corrected chi connectivity index (χ4v) is 3.49. The second-order valence-electron chi connectivity index (χ2n) is 6.57. The van der Waals surface area contributed by atoms with Gasteiger partial charge in [-0.1, -0.05) is 43.3 Å². The van der Waals surface area contributed by atoms with E-state index in [-0.39, 0.29) is 6.04 Å². The molecule has 0 amide bonds. The van der Waals surface area contributed by atoms with E-state index in [0.29, 0.717) is 11.8 Å². The quantitative estimate of drug-likeness (QED) is 0.850. The Morgan fingerprint density at radius 1 is 1.05 bits per heavy atom. The molecule has 2 aromatic rings. The van der Waals surface area contributed by atoms with Gasteiger partial charge in [0.2, 0.25) is 0 Å². The van der Waals surface area contributed by atoms with E-state index in [1.54, 1.807) is 0 Å². The van der Waals surface area contributed by atoms with Gasteiger partial charge in [0.25, 0.3) is 0 Å². The van der Waals surface area contributed by atoms with Gasteiger partial charge >= 0.3 is 0 Å². The van der Waals surface area contributed by atoms with Crippen LogP contribution in [0.5, 0.6) is 5.75 Å². The lowest BCUT2D eigenvalue weighted by molar-refractivity contribution is 0.290. The van der Waals surface area contributed by atoms with Crippen LogP contribution >= 0.6 is 0 Å². The maximum absolute atomic E-state index is 10.6. The molecule has 1 saturated carbocycles. The molecular formula is C19H25NO.